The van der Waals surface area contributed by atoms with Gasteiger partial charge in [0.05, 0.1) is 7.05 Å². The van der Waals surface area contributed by atoms with E-state index in [-0.39, 0.29) is 18.3 Å². The number of likely N-dealkylation sites (N-methyl/N-ethyl adjacent to an activating group) is 1. The Hall–Kier alpha value is -2.73. The zero-order valence-electron chi connectivity index (χ0n) is 12.7. The number of para-hydroxylation sites is 2. The van der Waals surface area contributed by atoms with E-state index >= 15 is 0 Å². The number of benzene rings is 2. The van der Waals surface area contributed by atoms with Gasteiger partial charge < -0.3 is 14.6 Å². The number of nitrogens with zero attached hydrogens (tertiary/aromatic N) is 1. The summed E-state index contributed by atoms with van der Waals surface area (Å²) < 4.78 is 18.7. The van der Waals surface area contributed by atoms with Crippen LogP contribution in [0.2, 0.25) is 0 Å². The smallest absolute Gasteiger partial charge is 0.279 e. The van der Waals surface area contributed by atoms with Gasteiger partial charge in [0.2, 0.25) is 0 Å². The summed E-state index contributed by atoms with van der Waals surface area (Å²) in [5.74, 6) is 0.0152. The lowest BCUT2D eigenvalue weighted by atomic mass is 10.3. The molecule has 6 heteroatoms. The maximum Gasteiger partial charge on any atom is 0.279 e. The number of amides is 1. The molecule has 5 nitrogen and oxygen atoms in total. The van der Waals surface area contributed by atoms with Crippen molar-refractivity contribution in [2.75, 3.05) is 18.9 Å². The van der Waals surface area contributed by atoms with Gasteiger partial charge in [-0.25, -0.2) is 9.37 Å². The first-order valence-electron chi connectivity index (χ1n) is 7.31. The Morgan fingerprint density at radius 1 is 1.26 bits per heavy atom. The van der Waals surface area contributed by atoms with Crippen LogP contribution in [0.25, 0.3) is 11.1 Å². The maximum absolute atomic E-state index is 13.1. The number of nitrogens with one attached hydrogen (secondary N) is 2. The number of aromatic nitrogens is 1. The van der Waals surface area contributed by atoms with Crippen LogP contribution in [0, 0.1) is 5.82 Å². The largest absolute Gasteiger partial charge is 0.435 e. The molecule has 0 bridgehead atoms. The third-order valence-corrected chi connectivity index (χ3v) is 3.36. The molecule has 1 aromatic heterocycles. The molecule has 0 spiro atoms. The highest BCUT2D eigenvalue weighted by Gasteiger charge is 2.14. The predicted molar refractivity (Wildman–Crippen MR) is 84.5 cm³/mol. The first kappa shape index (κ1) is 15.2. The molecule has 1 amide bonds. The van der Waals surface area contributed by atoms with E-state index in [1.54, 1.807) is 12.1 Å². The molecule has 0 saturated heterocycles. The van der Waals surface area contributed by atoms with Crippen molar-refractivity contribution in [2.45, 2.75) is 6.54 Å². The molecule has 1 atom stereocenters. The Kier molecular flexibility index (Phi) is 4.34. The molecule has 3 aromatic rings. The van der Waals surface area contributed by atoms with Gasteiger partial charge in [0.15, 0.2) is 18.7 Å². The lowest BCUT2D eigenvalue weighted by Gasteiger charge is -2.11. The molecule has 0 aliphatic rings. The number of fused-ring (bicyclic) bond motifs is 1. The van der Waals surface area contributed by atoms with E-state index in [2.05, 4.69) is 10.3 Å². The summed E-state index contributed by atoms with van der Waals surface area (Å²) in [6.07, 6.45) is 0. The van der Waals surface area contributed by atoms with Gasteiger partial charge in [-0.15, -0.1) is 0 Å². The summed E-state index contributed by atoms with van der Waals surface area (Å²) >= 11 is 0. The van der Waals surface area contributed by atoms with Crippen LogP contribution in [-0.4, -0.2) is 24.5 Å². The first-order chi connectivity index (χ1) is 11.1. The number of hydrogen-bond donors (Lipinski definition) is 2. The van der Waals surface area contributed by atoms with Gasteiger partial charge >= 0.3 is 0 Å². The van der Waals surface area contributed by atoms with E-state index in [9.17, 15) is 9.18 Å². The second-order valence-corrected chi connectivity index (χ2v) is 5.44. The van der Waals surface area contributed by atoms with Crippen LogP contribution < -0.4 is 10.2 Å². The van der Waals surface area contributed by atoms with Crippen LogP contribution in [-0.2, 0) is 11.3 Å². The lowest BCUT2D eigenvalue weighted by molar-refractivity contribution is -0.886. The number of halogens is 1. The normalized spacial score (nSPS) is 12.3. The van der Waals surface area contributed by atoms with Crippen LogP contribution in [0.15, 0.2) is 52.9 Å². The Bertz CT molecular complexity index is 798. The molecule has 3 rings (SSSR count). The Morgan fingerprint density at radius 2 is 2.09 bits per heavy atom. The van der Waals surface area contributed by atoms with Crippen LogP contribution in [0.5, 0.6) is 0 Å². The predicted octanol–water partition coefficient (Wildman–Crippen LogP) is 1.62. The monoisotopic (exact) mass is 314 g/mol. The second-order valence-electron chi connectivity index (χ2n) is 5.44. The van der Waals surface area contributed by atoms with E-state index < -0.39 is 0 Å². The number of rotatable bonds is 5. The van der Waals surface area contributed by atoms with Gasteiger partial charge in [0.1, 0.15) is 11.3 Å². The van der Waals surface area contributed by atoms with Crippen molar-refractivity contribution in [1.29, 1.82) is 0 Å². The molecule has 0 fully saturated rings. The minimum absolute atomic E-state index is 0.191. The zero-order valence-corrected chi connectivity index (χ0v) is 12.7. The van der Waals surface area contributed by atoms with E-state index in [1.807, 2.05) is 31.3 Å². The van der Waals surface area contributed by atoms with Gasteiger partial charge in [-0.05, 0) is 30.3 Å². The SMILES string of the molecule is C[NH+](CC(=O)Nc1cccc(F)c1)Cc1nc2ccccc2o1. The minimum atomic E-state index is -0.380. The molecule has 23 heavy (non-hydrogen) atoms. The highest BCUT2D eigenvalue weighted by atomic mass is 19.1. The molecule has 0 radical (unpaired) electrons. The van der Waals surface area contributed by atoms with Crippen molar-refractivity contribution in [2.24, 2.45) is 0 Å². The van der Waals surface area contributed by atoms with Crippen LogP contribution in [0.4, 0.5) is 10.1 Å². The molecule has 0 saturated carbocycles. The van der Waals surface area contributed by atoms with Crippen LogP contribution in [0.1, 0.15) is 5.89 Å². The van der Waals surface area contributed by atoms with Crippen molar-refractivity contribution in [3.05, 3.63) is 60.2 Å². The average Bonchev–Trinajstić information content (AvgIpc) is 2.88. The van der Waals surface area contributed by atoms with Crippen molar-refractivity contribution >= 4 is 22.7 Å². The van der Waals surface area contributed by atoms with Crippen LogP contribution in [0.3, 0.4) is 0 Å². The lowest BCUT2D eigenvalue weighted by Crippen LogP contribution is -3.08. The summed E-state index contributed by atoms with van der Waals surface area (Å²) in [5.41, 5.74) is 1.99. The summed E-state index contributed by atoms with van der Waals surface area (Å²) in [6, 6.07) is 13.4. The topological polar surface area (TPSA) is 59.6 Å². The van der Waals surface area contributed by atoms with Gasteiger partial charge in [-0.2, -0.15) is 0 Å². The molecule has 118 valence electrons. The molecule has 1 heterocycles. The zero-order chi connectivity index (χ0) is 16.2. The molecule has 1 unspecified atom stereocenters. The summed E-state index contributed by atoms with van der Waals surface area (Å²) in [7, 11) is 1.88. The number of quaternary nitrogens is 1. The number of anilines is 1. The highest BCUT2D eigenvalue weighted by Crippen LogP contribution is 2.13. The Morgan fingerprint density at radius 3 is 2.87 bits per heavy atom. The average molecular weight is 314 g/mol. The molecular weight excluding hydrogens is 297 g/mol. The fourth-order valence-electron chi connectivity index (χ4n) is 2.36. The minimum Gasteiger partial charge on any atom is -0.435 e. The van der Waals surface area contributed by atoms with Gasteiger partial charge in [0, 0.05) is 5.69 Å². The number of carbonyl (C=O) groups excluding carboxylic acids is 1. The van der Waals surface area contributed by atoms with Crippen molar-refractivity contribution in [3.8, 4) is 0 Å². The third-order valence-electron chi connectivity index (χ3n) is 3.36. The van der Waals surface area contributed by atoms with Crippen molar-refractivity contribution in [3.63, 3.8) is 0 Å². The number of carbonyl (C=O) groups is 1. The van der Waals surface area contributed by atoms with E-state index in [0.29, 0.717) is 18.1 Å². The van der Waals surface area contributed by atoms with Gasteiger partial charge in [-0.3, -0.25) is 4.79 Å². The molecule has 0 aliphatic carbocycles. The van der Waals surface area contributed by atoms with Crippen LogP contribution >= 0.6 is 0 Å². The second kappa shape index (κ2) is 6.58. The molecule has 2 aromatic carbocycles. The van der Waals surface area contributed by atoms with Crippen molar-refractivity contribution < 1.29 is 18.5 Å². The van der Waals surface area contributed by atoms with Crippen molar-refractivity contribution in [1.82, 2.24) is 4.98 Å². The third kappa shape index (κ3) is 3.92. The first-order valence-corrected chi connectivity index (χ1v) is 7.31. The Labute approximate surface area is 132 Å². The van der Waals surface area contributed by atoms with Gasteiger partial charge in [-0.1, -0.05) is 18.2 Å². The fraction of sp³-hybridized carbons (Fsp3) is 0.176. The van der Waals surface area contributed by atoms with E-state index in [4.69, 9.17) is 4.42 Å². The summed E-state index contributed by atoms with van der Waals surface area (Å²) in [4.78, 5) is 17.3. The molecule has 0 aliphatic heterocycles. The maximum atomic E-state index is 13.1. The highest BCUT2D eigenvalue weighted by molar-refractivity contribution is 5.91. The fourth-order valence-corrected chi connectivity index (χ4v) is 2.36. The van der Waals surface area contributed by atoms with E-state index in [1.165, 1.54) is 12.1 Å². The Balaban J connectivity index is 1.58. The number of oxazole rings is 1. The molecule has 2 N–H and O–H groups in total. The molecular formula is C17H17FN3O2+. The summed E-state index contributed by atoms with van der Waals surface area (Å²) in [5, 5.41) is 2.68. The summed E-state index contributed by atoms with van der Waals surface area (Å²) in [6.45, 7) is 0.723. The van der Waals surface area contributed by atoms with Gasteiger partial charge in [0.25, 0.3) is 11.8 Å². The number of hydrogen-bond acceptors (Lipinski definition) is 3. The standard InChI is InChI=1S/C17H16FN3O2/c1-21(10-16(22)19-13-6-4-5-12(18)9-13)11-17-20-14-7-2-3-8-15(14)23-17/h2-9H,10-11H2,1H3,(H,19,22)/p+1. The van der Waals surface area contributed by atoms with E-state index in [0.717, 1.165) is 16.0 Å². The quantitative estimate of drug-likeness (QED) is 0.752.